The molecule has 0 aromatic heterocycles. The maximum atomic E-state index is 14.0. The molecule has 26 heavy (non-hydrogen) atoms. The first-order valence-corrected chi connectivity index (χ1v) is 8.90. The van der Waals surface area contributed by atoms with Crippen LogP contribution < -0.4 is 5.32 Å². The van der Waals surface area contributed by atoms with Crippen molar-refractivity contribution in [3.63, 3.8) is 0 Å². The van der Waals surface area contributed by atoms with Crippen LogP contribution in [0.2, 0.25) is 0 Å². The Balaban J connectivity index is 1.65. The Hall–Kier alpha value is -2.48. The molecule has 2 aromatic rings. The monoisotopic (exact) mass is 380 g/mol. The Morgan fingerprint density at radius 2 is 1.92 bits per heavy atom. The number of nitrogens with one attached hydrogen (secondary N) is 1. The molecular weight excluding hydrogens is 365 g/mol. The van der Waals surface area contributed by atoms with E-state index in [-0.39, 0.29) is 30.2 Å². The van der Waals surface area contributed by atoms with Crippen molar-refractivity contribution in [2.45, 2.75) is 11.8 Å². The van der Waals surface area contributed by atoms with Crippen LogP contribution in [0.3, 0.4) is 0 Å². The first-order valence-electron chi connectivity index (χ1n) is 7.85. The first-order chi connectivity index (χ1) is 12.4. The molecule has 0 aliphatic carbocycles. The zero-order valence-corrected chi connectivity index (χ0v) is 14.4. The number of carbonyl (C=O) groups excluding carboxylic acids is 2. The third kappa shape index (κ3) is 4.19. The lowest BCUT2D eigenvalue weighted by molar-refractivity contribution is -0.128. The number of hydrogen-bond donors (Lipinski definition) is 1. The third-order valence-electron chi connectivity index (χ3n) is 3.88. The van der Waals surface area contributed by atoms with Gasteiger partial charge in [0.15, 0.2) is 0 Å². The van der Waals surface area contributed by atoms with Gasteiger partial charge in [-0.15, -0.1) is 11.8 Å². The largest absolute Gasteiger partial charge is 0.326 e. The van der Waals surface area contributed by atoms with Crippen molar-refractivity contribution >= 4 is 29.3 Å². The molecule has 3 rings (SSSR count). The molecule has 0 radical (unpaired) electrons. The van der Waals surface area contributed by atoms with E-state index in [1.807, 2.05) is 0 Å². The summed E-state index contributed by atoms with van der Waals surface area (Å²) in [5.41, 5.74) is 0.519. The summed E-state index contributed by atoms with van der Waals surface area (Å²) in [5.74, 6) is -2.35. The van der Waals surface area contributed by atoms with Crippen LogP contribution in [0.15, 0.2) is 42.5 Å². The van der Waals surface area contributed by atoms with Crippen molar-refractivity contribution < 1.29 is 22.8 Å². The van der Waals surface area contributed by atoms with E-state index in [2.05, 4.69) is 5.32 Å². The average molecular weight is 380 g/mol. The van der Waals surface area contributed by atoms with E-state index < -0.39 is 28.7 Å². The normalized spacial score (nSPS) is 16.8. The van der Waals surface area contributed by atoms with Gasteiger partial charge in [-0.1, -0.05) is 12.1 Å². The van der Waals surface area contributed by atoms with Gasteiger partial charge in [-0.3, -0.25) is 9.59 Å². The lowest BCUT2D eigenvalue weighted by atomic mass is 10.2. The predicted molar refractivity (Wildman–Crippen MR) is 92.9 cm³/mol. The van der Waals surface area contributed by atoms with Crippen molar-refractivity contribution in [3.05, 3.63) is 65.5 Å². The first kappa shape index (κ1) is 18.3. The summed E-state index contributed by atoms with van der Waals surface area (Å²) in [4.78, 5) is 25.5. The number of nitrogens with zero attached hydrogens (tertiary/aromatic N) is 1. The Morgan fingerprint density at radius 1 is 1.15 bits per heavy atom. The number of rotatable bonds is 5. The number of benzene rings is 2. The fourth-order valence-corrected chi connectivity index (χ4v) is 3.91. The van der Waals surface area contributed by atoms with Crippen LogP contribution in [0.5, 0.6) is 0 Å². The number of carbonyl (C=O) groups is 2. The molecule has 1 heterocycles. The van der Waals surface area contributed by atoms with Gasteiger partial charge in [-0.05, 0) is 24.3 Å². The number of amides is 2. The van der Waals surface area contributed by atoms with Gasteiger partial charge in [0.05, 0.1) is 5.75 Å². The van der Waals surface area contributed by atoms with Crippen molar-refractivity contribution in [1.82, 2.24) is 4.90 Å². The molecule has 0 unspecified atom stereocenters. The highest BCUT2D eigenvalue weighted by Gasteiger charge is 2.34. The van der Waals surface area contributed by atoms with Gasteiger partial charge in [-0.25, -0.2) is 13.2 Å². The summed E-state index contributed by atoms with van der Waals surface area (Å²) < 4.78 is 40.2. The molecular formula is C18H15F3N2O2S. The second kappa shape index (κ2) is 7.82. The van der Waals surface area contributed by atoms with E-state index >= 15 is 0 Å². The summed E-state index contributed by atoms with van der Waals surface area (Å²) in [6.07, 6.45) is -0.0257. The van der Waals surface area contributed by atoms with Crippen molar-refractivity contribution in [2.24, 2.45) is 0 Å². The fraction of sp³-hybridized carbons (Fsp3) is 0.222. The SMILES string of the molecule is O=C(CCN1C(=O)CS[C@@H]1c1ccc(F)cc1F)Nc1cccc(F)c1. The molecule has 1 aliphatic rings. The number of thioether (sulfide) groups is 1. The number of halogens is 3. The second-order valence-electron chi connectivity index (χ2n) is 5.72. The van der Waals surface area contributed by atoms with Gasteiger partial charge >= 0.3 is 0 Å². The van der Waals surface area contributed by atoms with E-state index in [0.29, 0.717) is 5.69 Å². The zero-order chi connectivity index (χ0) is 18.7. The minimum absolute atomic E-state index is 0.0257. The van der Waals surface area contributed by atoms with Crippen LogP contribution in [-0.4, -0.2) is 29.0 Å². The summed E-state index contributed by atoms with van der Waals surface area (Å²) in [5, 5.41) is 1.94. The van der Waals surface area contributed by atoms with Crippen molar-refractivity contribution in [1.29, 1.82) is 0 Å². The van der Waals surface area contributed by atoms with E-state index in [1.165, 1.54) is 40.9 Å². The quantitative estimate of drug-likeness (QED) is 0.860. The van der Waals surface area contributed by atoms with Crippen LogP contribution in [0.4, 0.5) is 18.9 Å². The summed E-state index contributed by atoms with van der Waals surface area (Å²) in [6, 6.07) is 8.68. The fourth-order valence-electron chi connectivity index (χ4n) is 2.67. The van der Waals surface area contributed by atoms with Crippen molar-refractivity contribution in [2.75, 3.05) is 17.6 Å². The van der Waals surface area contributed by atoms with Gasteiger partial charge in [0.25, 0.3) is 0 Å². The zero-order valence-electron chi connectivity index (χ0n) is 13.5. The van der Waals surface area contributed by atoms with E-state index in [1.54, 1.807) is 6.07 Å². The lowest BCUT2D eigenvalue weighted by Gasteiger charge is -2.24. The molecule has 0 saturated carbocycles. The minimum Gasteiger partial charge on any atom is -0.326 e. The third-order valence-corrected chi connectivity index (χ3v) is 5.12. The van der Waals surface area contributed by atoms with E-state index in [9.17, 15) is 22.8 Å². The van der Waals surface area contributed by atoms with Gasteiger partial charge in [0.1, 0.15) is 22.8 Å². The van der Waals surface area contributed by atoms with Crippen LogP contribution in [-0.2, 0) is 9.59 Å². The number of anilines is 1. The predicted octanol–water partition coefficient (Wildman–Crippen LogP) is 3.71. The maximum absolute atomic E-state index is 14.0. The van der Waals surface area contributed by atoms with Gasteiger partial charge in [0.2, 0.25) is 11.8 Å². The summed E-state index contributed by atoms with van der Waals surface area (Å²) in [6.45, 7) is 0.0778. The molecule has 1 atom stereocenters. The molecule has 8 heteroatoms. The minimum atomic E-state index is -0.730. The maximum Gasteiger partial charge on any atom is 0.233 e. The highest BCUT2D eigenvalue weighted by Crippen LogP contribution is 2.39. The Kier molecular flexibility index (Phi) is 5.51. The highest BCUT2D eigenvalue weighted by atomic mass is 32.2. The van der Waals surface area contributed by atoms with Crippen LogP contribution in [0.25, 0.3) is 0 Å². The van der Waals surface area contributed by atoms with Gasteiger partial charge < -0.3 is 10.2 Å². The summed E-state index contributed by atoms with van der Waals surface area (Å²) >= 11 is 1.22. The lowest BCUT2D eigenvalue weighted by Crippen LogP contribution is -2.32. The van der Waals surface area contributed by atoms with E-state index in [4.69, 9.17) is 0 Å². The molecule has 2 amide bonds. The smallest absolute Gasteiger partial charge is 0.233 e. The molecule has 1 saturated heterocycles. The molecule has 0 bridgehead atoms. The molecule has 136 valence electrons. The van der Waals surface area contributed by atoms with Gasteiger partial charge in [0, 0.05) is 30.3 Å². The summed E-state index contributed by atoms with van der Waals surface area (Å²) in [7, 11) is 0. The average Bonchev–Trinajstić information content (AvgIpc) is 2.93. The molecule has 2 aromatic carbocycles. The Morgan fingerprint density at radius 3 is 2.65 bits per heavy atom. The van der Waals surface area contributed by atoms with Crippen LogP contribution in [0.1, 0.15) is 17.4 Å². The van der Waals surface area contributed by atoms with E-state index in [0.717, 1.165) is 12.1 Å². The Labute approximate surface area is 152 Å². The molecule has 0 spiro atoms. The van der Waals surface area contributed by atoms with Crippen LogP contribution >= 0.6 is 11.8 Å². The molecule has 1 aliphatic heterocycles. The standard InChI is InChI=1S/C18H15F3N2O2S/c19-11-2-1-3-13(8-11)22-16(24)6-7-23-17(25)10-26-18(23)14-5-4-12(20)9-15(14)21/h1-5,8-9,18H,6-7,10H2,(H,22,24)/t18-/m1/s1. The topological polar surface area (TPSA) is 49.4 Å². The van der Waals surface area contributed by atoms with Crippen LogP contribution in [0, 0.1) is 17.5 Å². The highest BCUT2D eigenvalue weighted by molar-refractivity contribution is 8.00. The molecule has 1 fully saturated rings. The van der Waals surface area contributed by atoms with Gasteiger partial charge in [-0.2, -0.15) is 0 Å². The Bertz CT molecular complexity index is 847. The molecule has 4 nitrogen and oxygen atoms in total. The number of hydrogen-bond acceptors (Lipinski definition) is 3. The van der Waals surface area contributed by atoms with Crippen molar-refractivity contribution in [3.8, 4) is 0 Å². The second-order valence-corrected chi connectivity index (χ2v) is 6.79. The molecule has 1 N–H and O–H groups in total.